The molecule has 2 aliphatic heterocycles. The van der Waals surface area contributed by atoms with Crippen LogP contribution >= 0.6 is 11.8 Å². The summed E-state index contributed by atoms with van der Waals surface area (Å²) in [6, 6.07) is 2.38. The number of rotatable bonds is 8. The third kappa shape index (κ3) is 4.73. The number of pyridine rings is 1. The number of nitrogens with one attached hydrogen (secondary N) is 2. The molecule has 3 atom stereocenters. The summed E-state index contributed by atoms with van der Waals surface area (Å²) in [6.45, 7) is 5.05. The van der Waals surface area contributed by atoms with E-state index in [0.717, 1.165) is 48.4 Å². The first-order valence-electron chi connectivity index (χ1n) is 11.4. The average molecular weight is 461 g/mol. The number of hydrogen-bond donors (Lipinski definition) is 2. The van der Waals surface area contributed by atoms with Crippen LogP contribution < -0.4 is 10.6 Å². The van der Waals surface area contributed by atoms with Crippen molar-refractivity contribution >= 4 is 46.0 Å². The van der Waals surface area contributed by atoms with E-state index in [1.54, 1.807) is 6.20 Å². The fourth-order valence-corrected chi connectivity index (χ4v) is 5.38. The molecule has 4 heterocycles. The Kier molecular flexibility index (Phi) is 7.25. The molecule has 0 spiro atoms. The first kappa shape index (κ1) is 22.9. The Balaban J connectivity index is 1.80. The summed E-state index contributed by atoms with van der Waals surface area (Å²) >= 11 is 1.93. The molecular formula is C23H32N4O4S. The van der Waals surface area contributed by atoms with Crippen molar-refractivity contribution in [2.45, 2.75) is 58.2 Å². The number of nitrogens with zero attached hydrogens (tertiary/aromatic N) is 2. The predicted molar refractivity (Wildman–Crippen MR) is 127 cm³/mol. The van der Waals surface area contributed by atoms with Crippen molar-refractivity contribution in [2.24, 2.45) is 5.92 Å². The van der Waals surface area contributed by atoms with Gasteiger partial charge in [0.1, 0.15) is 5.65 Å². The van der Waals surface area contributed by atoms with Crippen molar-refractivity contribution in [3.05, 3.63) is 18.0 Å². The standard InChI is InChI=1S/C23H32N4O4S/c1-4-14(2)22(28)26-19-18-10-16(25-15-7-9-32-13-15)11-24-21(18)27(20(19)23(29)30-3)12-17-6-5-8-31-17/h10-11,14-15,17,25H,4-9,12-13H2,1-3H3,(H,26,28). The monoisotopic (exact) mass is 460 g/mol. The van der Waals surface area contributed by atoms with E-state index in [9.17, 15) is 9.59 Å². The van der Waals surface area contributed by atoms with Gasteiger partial charge in [0.25, 0.3) is 0 Å². The van der Waals surface area contributed by atoms with Gasteiger partial charge in [0.2, 0.25) is 5.91 Å². The van der Waals surface area contributed by atoms with Gasteiger partial charge in [-0.3, -0.25) is 4.79 Å². The van der Waals surface area contributed by atoms with E-state index in [4.69, 9.17) is 14.5 Å². The molecular weight excluding hydrogens is 428 g/mol. The maximum absolute atomic E-state index is 12.9. The lowest BCUT2D eigenvalue weighted by Gasteiger charge is -2.15. The van der Waals surface area contributed by atoms with Crippen LogP contribution in [0.1, 0.15) is 50.0 Å². The largest absolute Gasteiger partial charge is 0.464 e. The van der Waals surface area contributed by atoms with Crippen molar-refractivity contribution in [1.82, 2.24) is 9.55 Å². The minimum Gasteiger partial charge on any atom is -0.464 e. The first-order valence-corrected chi connectivity index (χ1v) is 12.5. The van der Waals surface area contributed by atoms with E-state index < -0.39 is 5.97 Å². The number of methoxy groups -OCH3 is 1. The van der Waals surface area contributed by atoms with E-state index in [1.165, 1.54) is 7.11 Å². The number of thioether (sulfide) groups is 1. The third-order valence-corrected chi connectivity index (χ3v) is 7.46. The fourth-order valence-electron chi connectivity index (χ4n) is 4.23. The molecule has 2 aromatic rings. The molecule has 0 bridgehead atoms. The van der Waals surface area contributed by atoms with Gasteiger partial charge in [0.05, 0.1) is 37.3 Å². The molecule has 0 saturated carbocycles. The molecule has 3 unspecified atom stereocenters. The SMILES string of the molecule is CCC(C)C(=O)Nc1c(C(=O)OC)n(CC2CCCO2)c2ncc(NC3CCSC3)cc12. The zero-order valence-corrected chi connectivity index (χ0v) is 19.8. The predicted octanol–water partition coefficient (Wildman–Crippen LogP) is 3.90. The van der Waals surface area contributed by atoms with Crippen molar-refractivity contribution in [3.8, 4) is 0 Å². The molecule has 2 aromatic heterocycles. The van der Waals surface area contributed by atoms with Gasteiger partial charge in [-0.2, -0.15) is 11.8 Å². The lowest BCUT2D eigenvalue weighted by molar-refractivity contribution is -0.119. The Hall–Kier alpha value is -2.26. The number of fused-ring (bicyclic) bond motifs is 1. The molecule has 0 aromatic carbocycles. The summed E-state index contributed by atoms with van der Waals surface area (Å²) in [7, 11) is 1.36. The van der Waals surface area contributed by atoms with Crippen LogP contribution in [-0.4, -0.2) is 58.8 Å². The summed E-state index contributed by atoms with van der Waals surface area (Å²) in [5.41, 5.74) is 2.31. The van der Waals surface area contributed by atoms with E-state index in [2.05, 4.69) is 10.6 Å². The van der Waals surface area contributed by atoms with Crippen LogP contribution in [0.2, 0.25) is 0 Å². The Labute approximate surface area is 192 Å². The van der Waals surface area contributed by atoms with Crippen LogP contribution in [0.15, 0.2) is 12.3 Å². The fraction of sp³-hybridized carbons (Fsp3) is 0.609. The zero-order valence-electron chi connectivity index (χ0n) is 19.0. The second-order valence-electron chi connectivity index (χ2n) is 8.56. The summed E-state index contributed by atoms with van der Waals surface area (Å²) in [4.78, 5) is 30.4. The van der Waals surface area contributed by atoms with Crippen molar-refractivity contribution in [1.29, 1.82) is 0 Å². The van der Waals surface area contributed by atoms with Crippen LogP contribution in [0.25, 0.3) is 11.0 Å². The Bertz CT molecular complexity index is 980. The molecule has 4 rings (SSSR count). The van der Waals surface area contributed by atoms with Gasteiger partial charge in [-0.05, 0) is 37.5 Å². The van der Waals surface area contributed by atoms with Gasteiger partial charge in [0, 0.05) is 29.7 Å². The van der Waals surface area contributed by atoms with Crippen LogP contribution in [-0.2, 0) is 20.8 Å². The van der Waals surface area contributed by atoms with Crippen molar-refractivity contribution in [2.75, 3.05) is 35.9 Å². The van der Waals surface area contributed by atoms with Gasteiger partial charge < -0.3 is 24.7 Å². The Morgan fingerprint density at radius 3 is 2.91 bits per heavy atom. The number of carbonyl (C=O) groups excluding carboxylic acids is 2. The molecule has 1 amide bonds. The molecule has 0 radical (unpaired) electrons. The molecule has 32 heavy (non-hydrogen) atoms. The number of amides is 1. The number of esters is 1. The van der Waals surface area contributed by atoms with Crippen LogP contribution in [0.3, 0.4) is 0 Å². The normalized spacial score (nSPS) is 21.6. The second kappa shape index (κ2) is 10.1. The van der Waals surface area contributed by atoms with E-state index in [-0.39, 0.29) is 17.9 Å². The topological polar surface area (TPSA) is 94.5 Å². The second-order valence-corrected chi connectivity index (χ2v) is 9.71. The lowest BCUT2D eigenvalue weighted by atomic mass is 10.1. The maximum Gasteiger partial charge on any atom is 0.356 e. The first-order chi connectivity index (χ1) is 15.5. The van der Waals surface area contributed by atoms with Crippen LogP contribution in [0.4, 0.5) is 11.4 Å². The van der Waals surface area contributed by atoms with Gasteiger partial charge in [-0.15, -0.1) is 0 Å². The average Bonchev–Trinajstić information content (AvgIpc) is 3.55. The molecule has 2 N–H and O–H groups in total. The zero-order chi connectivity index (χ0) is 22.7. The third-order valence-electron chi connectivity index (χ3n) is 6.30. The minimum atomic E-state index is -0.498. The van der Waals surface area contributed by atoms with E-state index in [1.807, 2.05) is 36.2 Å². The van der Waals surface area contributed by atoms with Crippen LogP contribution in [0.5, 0.6) is 0 Å². The smallest absolute Gasteiger partial charge is 0.356 e. The summed E-state index contributed by atoms with van der Waals surface area (Å²) in [5, 5.41) is 7.29. The van der Waals surface area contributed by atoms with E-state index in [0.29, 0.717) is 36.0 Å². The lowest BCUT2D eigenvalue weighted by Crippen LogP contribution is -2.23. The molecule has 2 fully saturated rings. The highest BCUT2D eigenvalue weighted by atomic mass is 32.2. The number of aromatic nitrogens is 2. The van der Waals surface area contributed by atoms with Crippen molar-refractivity contribution in [3.63, 3.8) is 0 Å². The van der Waals surface area contributed by atoms with Gasteiger partial charge in [-0.1, -0.05) is 13.8 Å². The molecule has 2 saturated heterocycles. The summed E-state index contributed by atoms with van der Waals surface area (Å²) in [5.74, 6) is 1.40. The Morgan fingerprint density at radius 1 is 1.41 bits per heavy atom. The summed E-state index contributed by atoms with van der Waals surface area (Å²) < 4.78 is 12.8. The van der Waals surface area contributed by atoms with Gasteiger partial charge in [-0.25, -0.2) is 9.78 Å². The molecule has 2 aliphatic rings. The highest BCUT2D eigenvalue weighted by molar-refractivity contribution is 7.99. The quantitative estimate of drug-likeness (QED) is 0.577. The summed E-state index contributed by atoms with van der Waals surface area (Å²) in [6.07, 6.45) is 5.54. The van der Waals surface area contributed by atoms with Gasteiger partial charge in [0.15, 0.2) is 5.69 Å². The number of carbonyl (C=O) groups is 2. The highest BCUT2D eigenvalue weighted by Gasteiger charge is 2.29. The molecule has 0 aliphatic carbocycles. The minimum absolute atomic E-state index is 0.00207. The number of hydrogen-bond acceptors (Lipinski definition) is 7. The van der Waals surface area contributed by atoms with E-state index >= 15 is 0 Å². The van der Waals surface area contributed by atoms with Gasteiger partial charge >= 0.3 is 5.97 Å². The van der Waals surface area contributed by atoms with Crippen molar-refractivity contribution < 1.29 is 19.1 Å². The Morgan fingerprint density at radius 2 is 2.25 bits per heavy atom. The molecule has 9 heteroatoms. The molecule has 174 valence electrons. The highest BCUT2D eigenvalue weighted by Crippen LogP contribution is 2.34. The van der Waals surface area contributed by atoms with Crippen LogP contribution in [0, 0.1) is 5.92 Å². The molecule has 8 nitrogen and oxygen atoms in total. The maximum atomic E-state index is 12.9. The number of ether oxygens (including phenoxy) is 2. The number of anilines is 2.